The highest BCUT2D eigenvalue weighted by molar-refractivity contribution is 6.03. The molecule has 2 N–H and O–H groups in total. The number of imide groups is 1. The predicted molar refractivity (Wildman–Crippen MR) is 115 cm³/mol. The Morgan fingerprint density at radius 1 is 1.12 bits per heavy atom. The molecule has 0 saturated carbocycles. The molecule has 3 atom stereocenters. The number of benzene rings is 2. The van der Waals surface area contributed by atoms with Gasteiger partial charge < -0.3 is 10.6 Å². The Hall–Kier alpha value is -3.39. The molecule has 0 unspecified atom stereocenters. The Kier molecular flexibility index (Phi) is 7.15. The number of hydrogen-bond acceptors (Lipinski definition) is 4. The van der Waals surface area contributed by atoms with Gasteiger partial charge in [0.15, 0.2) is 0 Å². The summed E-state index contributed by atoms with van der Waals surface area (Å²) < 4.78 is 27.1. The first-order valence-corrected chi connectivity index (χ1v) is 10.2. The second kappa shape index (κ2) is 9.82. The van der Waals surface area contributed by atoms with Crippen molar-refractivity contribution in [3.05, 3.63) is 83.4 Å². The van der Waals surface area contributed by atoms with Gasteiger partial charge in [-0.2, -0.15) is 0 Å². The molecule has 2 aromatic rings. The number of carbonyl (C=O) groups is 3. The topological polar surface area (TPSA) is 83.7 Å². The highest BCUT2D eigenvalue weighted by Gasteiger charge is 2.37. The van der Waals surface area contributed by atoms with Crippen molar-refractivity contribution in [1.29, 1.82) is 0 Å². The number of rotatable bonds is 5. The number of halogens is 2. The van der Waals surface area contributed by atoms with Crippen LogP contribution in [0.4, 0.5) is 8.78 Å². The second-order valence-electron chi connectivity index (χ2n) is 7.91. The zero-order chi connectivity index (χ0) is 23.4. The summed E-state index contributed by atoms with van der Waals surface area (Å²) in [5, 5.41) is 0. The quantitative estimate of drug-likeness (QED) is 0.723. The number of nitrogens with zero attached hydrogens (tertiary/aromatic N) is 2. The molecule has 168 valence electrons. The molecular formula is C24H25F2N3O3. The third kappa shape index (κ3) is 5.26. The summed E-state index contributed by atoms with van der Waals surface area (Å²) in [5.41, 5.74) is 6.78. The minimum absolute atomic E-state index is 0.0514. The van der Waals surface area contributed by atoms with Crippen LogP contribution in [0.5, 0.6) is 0 Å². The molecule has 0 aliphatic carbocycles. The summed E-state index contributed by atoms with van der Waals surface area (Å²) in [7, 11) is 1.60. The monoisotopic (exact) mass is 441 g/mol. The van der Waals surface area contributed by atoms with Crippen molar-refractivity contribution in [3.63, 3.8) is 0 Å². The molecule has 1 aliphatic heterocycles. The van der Waals surface area contributed by atoms with E-state index in [4.69, 9.17) is 5.73 Å². The number of hydrogen-bond donors (Lipinski definition) is 1. The van der Waals surface area contributed by atoms with Crippen LogP contribution in [0, 0.1) is 11.6 Å². The Balaban J connectivity index is 1.95. The fraction of sp³-hybridized carbons (Fsp3) is 0.292. The van der Waals surface area contributed by atoms with Crippen molar-refractivity contribution in [3.8, 4) is 0 Å². The van der Waals surface area contributed by atoms with E-state index in [1.807, 2.05) is 30.3 Å². The molecule has 0 spiro atoms. The first-order valence-electron chi connectivity index (χ1n) is 10.2. The first kappa shape index (κ1) is 23.3. The van der Waals surface area contributed by atoms with Crippen LogP contribution in [-0.4, -0.2) is 53.2 Å². The molecule has 0 saturated heterocycles. The molecule has 0 bridgehead atoms. The van der Waals surface area contributed by atoms with Crippen LogP contribution < -0.4 is 5.73 Å². The third-order valence-corrected chi connectivity index (χ3v) is 5.30. The van der Waals surface area contributed by atoms with Gasteiger partial charge in [0.1, 0.15) is 17.7 Å². The van der Waals surface area contributed by atoms with Crippen molar-refractivity contribution in [2.75, 3.05) is 13.6 Å². The summed E-state index contributed by atoms with van der Waals surface area (Å²) in [6.07, 6.45) is 2.85. The van der Waals surface area contributed by atoms with Crippen LogP contribution in [0.25, 0.3) is 0 Å². The maximum atomic E-state index is 13.6. The van der Waals surface area contributed by atoms with E-state index in [2.05, 4.69) is 0 Å². The Bertz CT molecular complexity index is 1020. The van der Waals surface area contributed by atoms with Crippen LogP contribution in [-0.2, 0) is 20.8 Å². The van der Waals surface area contributed by atoms with Crippen molar-refractivity contribution < 1.29 is 23.2 Å². The highest BCUT2D eigenvalue weighted by atomic mass is 19.1. The van der Waals surface area contributed by atoms with E-state index in [9.17, 15) is 23.2 Å². The fourth-order valence-electron chi connectivity index (χ4n) is 3.71. The third-order valence-electron chi connectivity index (χ3n) is 5.30. The lowest BCUT2D eigenvalue weighted by Gasteiger charge is -2.30. The van der Waals surface area contributed by atoms with Crippen LogP contribution >= 0.6 is 0 Å². The zero-order valence-corrected chi connectivity index (χ0v) is 17.9. The standard InChI is InChI=1S/C24H25F2N3O3/c1-15(27)23(31)29(22(30)12-16-10-19(25)13-20(26)11-16)21-9-8-18(14-28(2)24(21)32)17-6-4-3-5-7-17/h3-11,13,15,18,21H,12,14,27H2,1-2H3/t15-,18-,21-/m0/s1. The van der Waals surface area contributed by atoms with Gasteiger partial charge in [0.2, 0.25) is 17.7 Å². The molecule has 0 fully saturated rings. The molecule has 6 nitrogen and oxygen atoms in total. The molecule has 0 aromatic heterocycles. The van der Waals surface area contributed by atoms with Crippen LogP contribution in [0.2, 0.25) is 0 Å². The molecular weight excluding hydrogens is 416 g/mol. The number of nitrogens with two attached hydrogens (primary N) is 1. The molecule has 8 heteroatoms. The van der Waals surface area contributed by atoms with Crippen molar-refractivity contribution >= 4 is 17.7 Å². The van der Waals surface area contributed by atoms with Gasteiger partial charge in [-0.3, -0.25) is 19.3 Å². The normalized spacial score (nSPS) is 19.4. The minimum atomic E-state index is -1.21. The average molecular weight is 441 g/mol. The van der Waals surface area contributed by atoms with Crippen molar-refractivity contribution in [1.82, 2.24) is 9.80 Å². The van der Waals surface area contributed by atoms with E-state index < -0.39 is 47.9 Å². The molecule has 3 amide bonds. The average Bonchev–Trinajstić information content (AvgIpc) is 2.87. The number of carbonyl (C=O) groups excluding carboxylic acids is 3. The first-order chi connectivity index (χ1) is 15.2. The van der Waals surface area contributed by atoms with Gasteiger partial charge in [0.25, 0.3) is 0 Å². The van der Waals surface area contributed by atoms with Gasteiger partial charge >= 0.3 is 0 Å². The maximum absolute atomic E-state index is 13.6. The van der Waals surface area contributed by atoms with Gasteiger partial charge in [-0.25, -0.2) is 8.78 Å². The van der Waals surface area contributed by atoms with E-state index >= 15 is 0 Å². The largest absolute Gasteiger partial charge is 0.343 e. The number of amides is 3. The van der Waals surface area contributed by atoms with Crippen LogP contribution in [0.1, 0.15) is 24.0 Å². The highest BCUT2D eigenvalue weighted by Crippen LogP contribution is 2.24. The molecule has 1 heterocycles. The van der Waals surface area contributed by atoms with Crippen molar-refractivity contribution in [2.24, 2.45) is 5.73 Å². The van der Waals surface area contributed by atoms with Gasteiger partial charge in [-0.1, -0.05) is 42.5 Å². The Morgan fingerprint density at radius 3 is 2.34 bits per heavy atom. The van der Waals surface area contributed by atoms with Gasteiger partial charge in [0, 0.05) is 25.6 Å². The van der Waals surface area contributed by atoms with Gasteiger partial charge in [-0.05, 0) is 30.2 Å². The summed E-state index contributed by atoms with van der Waals surface area (Å²) in [4.78, 5) is 41.3. The molecule has 32 heavy (non-hydrogen) atoms. The van der Waals surface area contributed by atoms with Gasteiger partial charge in [0.05, 0.1) is 12.5 Å². The lowest BCUT2D eigenvalue weighted by Crippen LogP contribution is -2.55. The van der Waals surface area contributed by atoms with Gasteiger partial charge in [-0.15, -0.1) is 0 Å². The molecule has 2 aromatic carbocycles. The Labute approximate surface area is 185 Å². The van der Waals surface area contributed by atoms with E-state index in [1.54, 1.807) is 13.1 Å². The summed E-state index contributed by atoms with van der Waals surface area (Å²) >= 11 is 0. The second-order valence-corrected chi connectivity index (χ2v) is 7.91. The lowest BCUT2D eigenvalue weighted by molar-refractivity contribution is -0.153. The predicted octanol–water partition coefficient (Wildman–Crippen LogP) is 2.39. The zero-order valence-electron chi connectivity index (χ0n) is 17.9. The van der Waals surface area contributed by atoms with E-state index in [0.29, 0.717) is 12.6 Å². The molecule has 1 aliphatic rings. The fourth-order valence-corrected chi connectivity index (χ4v) is 3.71. The van der Waals surface area contributed by atoms with Crippen molar-refractivity contribution in [2.45, 2.75) is 31.3 Å². The SMILES string of the molecule is C[C@H](N)C(=O)N(C(=O)Cc1cc(F)cc(F)c1)[C@H]1C=C[C@H](c2ccccc2)CN(C)C1=O. The van der Waals surface area contributed by atoms with Crippen LogP contribution in [0.15, 0.2) is 60.7 Å². The number of likely N-dealkylation sites (N-methyl/N-ethyl adjacent to an activating group) is 1. The van der Waals surface area contributed by atoms with E-state index in [1.165, 1.54) is 17.9 Å². The minimum Gasteiger partial charge on any atom is -0.343 e. The smallest absolute Gasteiger partial charge is 0.249 e. The lowest BCUT2D eigenvalue weighted by atomic mass is 9.98. The summed E-state index contributed by atoms with van der Waals surface area (Å²) in [6.45, 7) is 1.77. The van der Waals surface area contributed by atoms with E-state index in [-0.39, 0.29) is 11.5 Å². The van der Waals surface area contributed by atoms with E-state index in [0.717, 1.165) is 22.6 Å². The Morgan fingerprint density at radius 2 is 1.75 bits per heavy atom. The molecule has 3 rings (SSSR count). The molecule has 0 radical (unpaired) electrons. The summed E-state index contributed by atoms with van der Waals surface area (Å²) in [5.74, 6) is -3.78. The summed E-state index contributed by atoms with van der Waals surface area (Å²) in [6, 6.07) is 9.98. The van der Waals surface area contributed by atoms with Crippen LogP contribution in [0.3, 0.4) is 0 Å². The maximum Gasteiger partial charge on any atom is 0.249 e.